The van der Waals surface area contributed by atoms with E-state index in [0.717, 1.165) is 12.8 Å². The first-order chi connectivity index (χ1) is 13.8. The van der Waals surface area contributed by atoms with Crippen molar-refractivity contribution in [2.24, 2.45) is 7.05 Å². The van der Waals surface area contributed by atoms with Crippen molar-refractivity contribution in [1.29, 1.82) is 0 Å². The van der Waals surface area contributed by atoms with E-state index in [1.807, 2.05) is 0 Å². The van der Waals surface area contributed by atoms with Crippen molar-refractivity contribution < 1.29 is 18.7 Å². The van der Waals surface area contributed by atoms with Crippen LogP contribution >= 0.6 is 0 Å². The number of hydrogen-bond donors (Lipinski definition) is 2. The lowest BCUT2D eigenvalue weighted by Gasteiger charge is -2.27. The molecular weight excluding hydrogens is 376 g/mol. The number of benzene rings is 2. The second-order valence-electron chi connectivity index (χ2n) is 8.46. The number of fused-ring (bicyclic) bond motifs is 3. The molecule has 0 unspecified atom stereocenters. The van der Waals surface area contributed by atoms with Crippen LogP contribution < -0.4 is 5.32 Å². The third-order valence-electron chi connectivity index (χ3n) is 6.48. The van der Waals surface area contributed by atoms with Gasteiger partial charge in [-0.3, -0.25) is 9.48 Å². The van der Waals surface area contributed by atoms with Gasteiger partial charge in [-0.05, 0) is 68.5 Å². The van der Waals surface area contributed by atoms with Crippen LogP contribution in [0.15, 0.2) is 36.4 Å². The number of halogens is 2. The molecule has 2 bridgehead atoms. The molecule has 150 valence electrons. The molecule has 2 N–H and O–H groups in total. The summed E-state index contributed by atoms with van der Waals surface area (Å²) >= 11 is 0. The minimum atomic E-state index is -0.669. The maximum Gasteiger partial charge on any atom is 0.251 e. The fraction of sp³-hybridized carbons (Fsp3) is 0.364. The predicted octanol–water partition coefficient (Wildman–Crippen LogP) is 3.70. The van der Waals surface area contributed by atoms with Crippen molar-refractivity contribution in [3.8, 4) is 11.3 Å². The first-order valence-corrected chi connectivity index (χ1v) is 9.75. The van der Waals surface area contributed by atoms with Crippen LogP contribution in [0.5, 0.6) is 0 Å². The molecule has 3 aromatic rings. The Kier molecular flexibility index (Phi) is 3.84. The number of carbonyl (C=O) groups is 1. The molecule has 0 aliphatic heterocycles. The highest BCUT2D eigenvalue weighted by Gasteiger charge is 2.54. The largest absolute Gasteiger partial charge is 0.390 e. The summed E-state index contributed by atoms with van der Waals surface area (Å²) in [5, 5.41) is 18.2. The van der Waals surface area contributed by atoms with E-state index >= 15 is 0 Å². The Bertz CT molecular complexity index is 1150. The smallest absolute Gasteiger partial charge is 0.251 e. The zero-order valence-corrected chi connectivity index (χ0v) is 16.0. The molecule has 2 aliphatic rings. The van der Waals surface area contributed by atoms with Crippen LogP contribution in [0.3, 0.4) is 0 Å². The van der Waals surface area contributed by atoms with Crippen LogP contribution in [0.4, 0.5) is 8.78 Å². The van der Waals surface area contributed by atoms with Crippen LogP contribution in [0.1, 0.15) is 42.5 Å². The standard InChI is InChI=1S/C22H21F2N3O2/c1-27-18-5-3-14(23)11-16(18)19(26-27)15-4-2-13(10-17(15)24)20(28)25-21-6-8-22(29,12-21)9-7-21/h2-5,10-11,29H,6-9,12H2,1H3,(H,25,28). The number of carbonyl (C=O) groups excluding carboxylic acids is 1. The minimum absolute atomic E-state index is 0.215. The molecule has 1 aromatic heterocycles. The van der Waals surface area contributed by atoms with Gasteiger partial charge in [0.2, 0.25) is 0 Å². The Balaban J connectivity index is 1.46. The number of amides is 1. The van der Waals surface area contributed by atoms with Crippen molar-refractivity contribution in [1.82, 2.24) is 15.1 Å². The van der Waals surface area contributed by atoms with E-state index < -0.39 is 22.8 Å². The van der Waals surface area contributed by atoms with E-state index in [2.05, 4.69) is 10.4 Å². The molecule has 5 nitrogen and oxygen atoms in total. The Labute approximate surface area is 166 Å². The van der Waals surface area contributed by atoms with Crippen molar-refractivity contribution in [2.75, 3.05) is 0 Å². The summed E-state index contributed by atoms with van der Waals surface area (Å²) < 4.78 is 30.2. The summed E-state index contributed by atoms with van der Waals surface area (Å²) in [4.78, 5) is 12.7. The van der Waals surface area contributed by atoms with Crippen molar-refractivity contribution in [3.63, 3.8) is 0 Å². The van der Waals surface area contributed by atoms with Crippen molar-refractivity contribution in [2.45, 2.75) is 43.2 Å². The highest BCUT2D eigenvalue weighted by molar-refractivity contribution is 5.97. The molecule has 0 atom stereocenters. The SMILES string of the molecule is Cn1nc(-c2ccc(C(=O)NC34CCC(O)(CC3)C4)cc2F)c2cc(F)ccc21. The highest BCUT2D eigenvalue weighted by atomic mass is 19.1. The lowest BCUT2D eigenvalue weighted by molar-refractivity contribution is 0.0521. The molecule has 0 radical (unpaired) electrons. The number of aryl methyl sites for hydroxylation is 1. The van der Waals surface area contributed by atoms with Crippen LogP contribution in [0.2, 0.25) is 0 Å². The van der Waals surface area contributed by atoms with E-state index in [9.17, 15) is 18.7 Å². The van der Waals surface area contributed by atoms with Gasteiger partial charge in [0.25, 0.3) is 5.91 Å². The van der Waals surface area contributed by atoms with Crippen LogP contribution in [0.25, 0.3) is 22.2 Å². The fourth-order valence-corrected chi connectivity index (χ4v) is 4.94. The molecule has 5 rings (SSSR count). The third kappa shape index (κ3) is 2.92. The first kappa shape index (κ1) is 18.2. The summed E-state index contributed by atoms with van der Waals surface area (Å²) in [5.41, 5.74) is 0.396. The van der Waals surface area contributed by atoms with Gasteiger partial charge < -0.3 is 10.4 Å². The zero-order chi connectivity index (χ0) is 20.4. The molecule has 2 aromatic carbocycles. The topological polar surface area (TPSA) is 67.2 Å². The van der Waals surface area contributed by atoms with E-state index in [4.69, 9.17) is 0 Å². The second-order valence-corrected chi connectivity index (χ2v) is 8.46. The molecule has 1 heterocycles. The Morgan fingerprint density at radius 1 is 1.14 bits per heavy atom. The summed E-state index contributed by atoms with van der Waals surface area (Å²) in [7, 11) is 1.72. The van der Waals surface area contributed by atoms with E-state index in [0.29, 0.717) is 35.9 Å². The third-order valence-corrected chi connectivity index (χ3v) is 6.48. The quantitative estimate of drug-likeness (QED) is 0.708. The first-order valence-electron chi connectivity index (χ1n) is 9.75. The lowest BCUT2D eigenvalue weighted by atomic mass is 9.92. The molecule has 7 heteroatoms. The minimum Gasteiger partial charge on any atom is -0.390 e. The van der Waals surface area contributed by atoms with E-state index in [1.165, 1.54) is 24.3 Å². The van der Waals surface area contributed by atoms with Gasteiger partial charge in [0.15, 0.2) is 0 Å². The predicted molar refractivity (Wildman–Crippen MR) is 104 cm³/mol. The molecular formula is C22H21F2N3O2. The number of nitrogens with one attached hydrogen (secondary N) is 1. The summed E-state index contributed by atoms with van der Waals surface area (Å²) in [5.74, 6) is -1.36. The van der Waals surface area contributed by atoms with Gasteiger partial charge in [-0.2, -0.15) is 5.10 Å². The molecule has 29 heavy (non-hydrogen) atoms. The Hall–Kier alpha value is -2.80. The number of rotatable bonds is 3. The van der Waals surface area contributed by atoms with Gasteiger partial charge in [0.1, 0.15) is 17.3 Å². The lowest BCUT2D eigenvalue weighted by Crippen LogP contribution is -2.45. The summed E-state index contributed by atoms with van der Waals surface area (Å²) in [6.45, 7) is 0. The van der Waals surface area contributed by atoms with Crippen molar-refractivity contribution in [3.05, 3.63) is 53.6 Å². The molecule has 2 aliphatic carbocycles. The number of aromatic nitrogens is 2. The molecule has 0 spiro atoms. The molecule has 2 fully saturated rings. The maximum absolute atomic E-state index is 14.9. The van der Waals surface area contributed by atoms with Crippen LogP contribution in [-0.2, 0) is 7.05 Å². The van der Waals surface area contributed by atoms with Gasteiger partial charge in [-0.15, -0.1) is 0 Å². The average molecular weight is 397 g/mol. The van der Waals surface area contributed by atoms with Gasteiger partial charge in [-0.1, -0.05) is 0 Å². The maximum atomic E-state index is 14.9. The zero-order valence-electron chi connectivity index (χ0n) is 16.0. The summed E-state index contributed by atoms with van der Waals surface area (Å²) in [6.07, 6.45) is 3.40. The summed E-state index contributed by atoms with van der Waals surface area (Å²) in [6, 6.07) is 8.53. The van der Waals surface area contributed by atoms with Gasteiger partial charge in [0, 0.05) is 29.1 Å². The number of nitrogens with zero attached hydrogens (tertiary/aromatic N) is 2. The Morgan fingerprint density at radius 3 is 2.55 bits per heavy atom. The van der Waals surface area contributed by atoms with Crippen LogP contribution in [0, 0.1) is 11.6 Å². The molecule has 0 saturated heterocycles. The van der Waals surface area contributed by atoms with Gasteiger partial charge in [-0.25, -0.2) is 8.78 Å². The second kappa shape index (κ2) is 6.10. The van der Waals surface area contributed by atoms with Crippen molar-refractivity contribution >= 4 is 16.8 Å². The van der Waals surface area contributed by atoms with Gasteiger partial charge >= 0.3 is 0 Å². The van der Waals surface area contributed by atoms with E-state index in [1.54, 1.807) is 23.9 Å². The monoisotopic (exact) mass is 397 g/mol. The number of hydrogen-bond acceptors (Lipinski definition) is 3. The highest BCUT2D eigenvalue weighted by Crippen LogP contribution is 2.50. The van der Waals surface area contributed by atoms with E-state index in [-0.39, 0.29) is 17.0 Å². The molecule has 2 saturated carbocycles. The normalized spacial score (nSPS) is 25.7. The van der Waals surface area contributed by atoms with Gasteiger partial charge in [0.05, 0.1) is 11.1 Å². The fourth-order valence-electron chi connectivity index (χ4n) is 4.94. The Morgan fingerprint density at radius 2 is 1.90 bits per heavy atom. The average Bonchev–Trinajstić information content (AvgIpc) is 3.29. The number of aliphatic hydroxyl groups is 1. The van der Waals surface area contributed by atoms with Crippen LogP contribution in [-0.4, -0.2) is 31.9 Å². The molecule has 1 amide bonds.